The van der Waals surface area contributed by atoms with Gasteiger partial charge < -0.3 is 10.3 Å². The van der Waals surface area contributed by atoms with Gasteiger partial charge in [-0.15, -0.1) is 0 Å². The molecule has 1 rings (SSSR count). The van der Waals surface area contributed by atoms with Crippen molar-refractivity contribution in [3.8, 4) is 6.07 Å². The van der Waals surface area contributed by atoms with Crippen LogP contribution >= 0.6 is 0 Å². The van der Waals surface area contributed by atoms with E-state index < -0.39 is 0 Å². The van der Waals surface area contributed by atoms with Crippen molar-refractivity contribution in [3.63, 3.8) is 0 Å². The van der Waals surface area contributed by atoms with Crippen molar-refractivity contribution in [2.24, 2.45) is 0 Å². The van der Waals surface area contributed by atoms with Gasteiger partial charge in [-0.25, -0.2) is 0 Å². The van der Waals surface area contributed by atoms with E-state index in [1.807, 2.05) is 25.4 Å². The second-order valence-corrected chi connectivity index (χ2v) is 2.86. The second-order valence-electron chi connectivity index (χ2n) is 2.86. The van der Waals surface area contributed by atoms with Crippen LogP contribution in [-0.2, 0) is 6.54 Å². The molecule has 1 unspecified atom stereocenters. The van der Waals surface area contributed by atoms with E-state index in [-0.39, 0.29) is 6.04 Å². The van der Waals surface area contributed by atoms with E-state index in [2.05, 4.69) is 16.4 Å². The molecule has 1 heterocycles. The van der Waals surface area contributed by atoms with Crippen molar-refractivity contribution in [3.05, 3.63) is 24.0 Å². The molecule has 0 bridgehead atoms. The number of hydrogen-bond donors (Lipinski definition) is 2. The number of rotatable bonds is 4. The van der Waals surface area contributed by atoms with E-state index in [0.29, 0.717) is 6.42 Å². The number of aromatic nitrogens is 1. The molecule has 1 atom stereocenters. The summed E-state index contributed by atoms with van der Waals surface area (Å²) in [5, 5.41) is 11.6. The van der Waals surface area contributed by atoms with E-state index in [9.17, 15) is 0 Å². The van der Waals surface area contributed by atoms with E-state index in [1.54, 1.807) is 0 Å². The van der Waals surface area contributed by atoms with Gasteiger partial charge in [0.15, 0.2) is 0 Å². The molecule has 2 N–H and O–H groups in total. The first-order valence-electron chi connectivity index (χ1n) is 4.05. The molecule has 12 heavy (non-hydrogen) atoms. The summed E-state index contributed by atoms with van der Waals surface area (Å²) in [5.41, 5.74) is 1.22. The Kier molecular flexibility index (Phi) is 3.36. The van der Waals surface area contributed by atoms with Gasteiger partial charge in [-0.3, -0.25) is 0 Å². The molecule has 0 aliphatic heterocycles. The van der Waals surface area contributed by atoms with Crippen LogP contribution in [0.5, 0.6) is 0 Å². The third-order valence-electron chi connectivity index (χ3n) is 1.71. The molecule has 1 aromatic rings. The van der Waals surface area contributed by atoms with Gasteiger partial charge in [-0.1, -0.05) is 0 Å². The maximum atomic E-state index is 8.40. The smallest absolute Gasteiger partial charge is 0.0638 e. The summed E-state index contributed by atoms with van der Waals surface area (Å²) < 4.78 is 0. The van der Waals surface area contributed by atoms with Crippen molar-refractivity contribution < 1.29 is 0 Å². The van der Waals surface area contributed by atoms with Crippen molar-refractivity contribution in [1.29, 1.82) is 5.26 Å². The number of nitrogens with one attached hydrogen (secondary N) is 2. The fraction of sp³-hybridized carbons (Fsp3) is 0.444. The first kappa shape index (κ1) is 8.82. The summed E-state index contributed by atoms with van der Waals surface area (Å²) in [4.78, 5) is 2.98. The highest BCUT2D eigenvalue weighted by Crippen LogP contribution is 1.97. The van der Waals surface area contributed by atoms with Gasteiger partial charge in [0.05, 0.1) is 12.5 Å². The number of nitrogens with zero attached hydrogens (tertiary/aromatic N) is 1. The standard InChI is InChI=1S/C9H13N3/c1-8(2-4-10)12-7-9-3-5-11-6-9/h3,5-6,8,11-12H,2,7H2,1H3. The molecular formula is C9H13N3. The Hall–Kier alpha value is -1.27. The van der Waals surface area contributed by atoms with Gasteiger partial charge in [-0.05, 0) is 18.6 Å². The van der Waals surface area contributed by atoms with Crippen LogP contribution in [0.3, 0.4) is 0 Å². The lowest BCUT2D eigenvalue weighted by Gasteiger charge is -2.07. The fourth-order valence-electron chi connectivity index (χ4n) is 0.970. The Labute approximate surface area is 72.4 Å². The van der Waals surface area contributed by atoms with Crippen LogP contribution < -0.4 is 5.32 Å². The van der Waals surface area contributed by atoms with Gasteiger partial charge in [0.2, 0.25) is 0 Å². The maximum Gasteiger partial charge on any atom is 0.0638 e. The molecule has 0 saturated heterocycles. The summed E-state index contributed by atoms with van der Waals surface area (Å²) in [6.45, 7) is 2.84. The van der Waals surface area contributed by atoms with Crippen LogP contribution in [-0.4, -0.2) is 11.0 Å². The van der Waals surface area contributed by atoms with Crippen molar-refractivity contribution in [1.82, 2.24) is 10.3 Å². The monoisotopic (exact) mass is 163 g/mol. The molecule has 0 aliphatic carbocycles. The molecule has 3 heteroatoms. The third-order valence-corrected chi connectivity index (χ3v) is 1.71. The van der Waals surface area contributed by atoms with Crippen LogP contribution in [0.1, 0.15) is 18.9 Å². The summed E-state index contributed by atoms with van der Waals surface area (Å²) in [6.07, 6.45) is 4.41. The number of H-pyrrole nitrogens is 1. The molecule has 0 radical (unpaired) electrons. The average molecular weight is 163 g/mol. The van der Waals surface area contributed by atoms with Gasteiger partial charge >= 0.3 is 0 Å². The van der Waals surface area contributed by atoms with Gasteiger partial charge in [0.1, 0.15) is 0 Å². The minimum Gasteiger partial charge on any atom is -0.367 e. The highest BCUT2D eigenvalue weighted by molar-refractivity contribution is 5.07. The Balaban J connectivity index is 2.23. The Bertz CT molecular complexity index is 245. The lowest BCUT2D eigenvalue weighted by atomic mass is 10.2. The van der Waals surface area contributed by atoms with Crippen LogP contribution in [0.15, 0.2) is 18.5 Å². The topological polar surface area (TPSA) is 51.6 Å². The molecule has 0 spiro atoms. The predicted octanol–water partition coefficient (Wildman–Crippen LogP) is 1.41. The zero-order valence-electron chi connectivity index (χ0n) is 7.17. The lowest BCUT2D eigenvalue weighted by Crippen LogP contribution is -2.24. The van der Waals surface area contributed by atoms with Gasteiger partial charge in [-0.2, -0.15) is 5.26 Å². The van der Waals surface area contributed by atoms with E-state index in [4.69, 9.17) is 5.26 Å². The second kappa shape index (κ2) is 4.58. The molecule has 0 fully saturated rings. The van der Waals surface area contributed by atoms with Crippen molar-refractivity contribution in [2.75, 3.05) is 0 Å². The van der Waals surface area contributed by atoms with E-state index in [0.717, 1.165) is 6.54 Å². The van der Waals surface area contributed by atoms with Crippen LogP contribution in [0.25, 0.3) is 0 Å². The number of hydrogen-bond acceptors (Lipinski definition) is 2. The molecular weight excluding hydrogens is 150 g/mol. The number of nitriles is 1. The summed E-state index contributed by atoms with van der Waals surface area (Å²) in [5.74, 6) is 0. The molecule has 0 amide bonds. The normalized spacial score (nSPS) is 12.3. The summed E-state index contributed by atoms with van der Waals surface area (Å²) in [7, 11) is 0. The molecule has 3 nitrogen and oxygen atoms in total. The third kappa shape index (κ3) is 2.77. The van der Waals surface area contributed by atoms with Crippen LogP contribution in [0.2, 0.25) is 0 Å². The van der Waals surface area contributed by atoms with Crippen molar-refractivity contribution in [2.45, 2.75) is 25.9 Å². The highest BCUT2D eigenvalue weighted by atomic mass is 14.9. The molecule has 0 saturated carbocycles. The van der Waals surface area contributed by atoms with Crippen LogP contribution in [0, 0.1) is 11.3 Å². The molecule has 0 aromatic carbocycles. The minimum atomic E-state index is 0.268. The predicted molar refractivity (Wildman–Crippen MR) is 47.3 cm³/mol. The summed E-state index contributed by atoms with van der Waals surface area (Å²) in [6, 6.07) is 4.42. The van der Waals surface area contributed by atoms with Gasteiger partial charge in [0, 0.05) is 25.0 Å². The summed E-state index contributed by atoms with van der Waals surface area (Å²) >= 11 is 0. The Morgan fingerprint density at radius 3 is 3.17 bits per heavy atom. The highest BCUT2D eigenvalue weighted by Gasteiger charge is 1.99. The first-order chi connectivity index (χ1) is 5.83. The minimum absolute atomic E-state index is 0.268. The largest absolute Gasteiger partial charge is 0.367 e. The van der Waals surface area contributed by atoms with E-state index in [1.165, 1.54) is 5.56 Å². The van der Waals surface area contributed by atoms with Crippen molar-refractivity contribution >= 4 is 0 Å². The quantitative estimate of drug-likeness (QED) is 0.705. The first-order valence-corrected chi connectivity index (χ1v) is 4.05. The van der Waals surface area contributed by atoms with E-state index >= 15 is 0 Å². The SMILES string of the molecule is CC(CC#N)NCc1cc[nH]c1. The Morgan fingerprint density at radius 1 is 1.75 bits per heavy atom. The lowest BCUT2D eigenvalue weighted by molar-refractivity contribution is 0.557. The zero-order chi connectivity index (χ0) is 8.81. The van der Waals surface area contributed by atoms with Crippen LogP contribution in [0.4, 0.5) is 0 Å². The number of aromatic amines is 1. The zero-order valence-corrected chi connectivity index (χ0v) is 7.17. The Morgan fingerprint density at radius 2 is 2.58 bits per heavy atom. The molecule has 64 valence electrons. The fourth-order valence-corrected chi connectivity index (χ4v) is 0.970. The molecule has 0 aliphatic rings. The van der Waals surface area contributed by atoms with Gasteiger partial charge in [0.25, 0.3) is 0 Å². The maximum absolute atomic E-state index is 8.40. The molecule has 1 aromatic heterocycles. The average Bonchev–Trinajstić information content (AvgIpc) is 2.53.